The smallest absolute Gasteiger partial charge is 0.316 e. The van der Waals surface area contributed by atoms with E-state index in [1.54, 1.807) is 0 Å². The Morgan fingerprint density at radius 1 is 1.53 bits per heavy atom. The fraction of sp³-hybridized carbons (Fsp3) is 0.727. The number of aliphatic carboxylic acids is 1. The molecule has 6 heteroatoms. The van der Waals surface area contributed by atoms with E-state index in [0.29, 0.717) is 29.8 Å². The monoisotopic (exact) mass is 258 g/mol. The molecular weight excluding hydrogens is 240 g/mol. The van der Waals surface area contributed by atoms with Crippen LogP contribution in [-0.4, -0.2) is 26.5 Å². The summed E-state index contributed by atoms with van der Waals surface area (Å²) >= 11 is 1.33. The van der Waals surface area contributed by atoms with Gasteiger partial charge in [0.15, 0.2) is 5.82 Å². The van der Waals surface area contributed by atoms with Crippen LogP contribution in [0.3, 0.4) is 0 Å². The summed E-state index contributed by atoms with van der Waals surface area (Å²) in [6.45, 7) is 6.01. The number of thioether (sulfide) groups is 1. The van der Waals surface area contributed by atoms with E-state index >= 15 is 0 Å². The minimum absolute atomic E-state index is 0.401. The summed E-state index contributed by atoms with van der Waals surface area (Å²) < 4.78 is 5.08. The van der Waals surface area contributed by atoms with Gasteiger partial charge in [-0.05, 0) is 12.3 Å². The molecule has 5 nitrogen and oxygen atoms in total. The molecule has 1 unspecified atom stereocenters. The van der Waals surface area contributed by atoms with Crippen molar-refractivity contribution in [2.75, 3.05) is 0 Å². The topological polar surface area (TPSA) is 76.2 Å². The first-order chi connectivity index (χ1) is 8.02. The fourth-order valence-electron chi connectivity index (χ4n) is 1.32. The van der Waals surface area contributed by atoms with Crippen molar-refractivity contribution in [3.63, 3.8) is 0 Å². The predicted octanol–water partition coefficient (Wildman–Crippen LogP) is 2.36. The Bertz CT molecular complexity index is 365. The third kappa shape index (κ3) is 4.77. The molecule has 0 spiro atoms. The molecule has 0 aliphatic carbocycles. The van der Waals surface area contributed by atoms with Crippen molar-refractivity contribution in [3.05, 3.63) is 11.7 Å². The van der Waals surface area contributed by atoms with Crippen molar-refractivity contribution in [2.45, 2.75) is 44.6 Å². The molecule has 0 bridgehead atoms. The molecule has 0 amide bonds. The quantitative estimate of drug-likeness (QED) is 0.809. The van der Waals surface area contributed by atoms with Gasteiger partial charge in [0, 0.05) is 6.42 Å². The maximum Gasteiger partial charge on any atom is 0.316 e. The molecule has 1 aromatic heterocycles. The zero-order valence-electron chi connectivity index (χ0n) is 10.3. The lowest BCUT2D eigenvalue weighted by atomic mass is 10.1. The van der Waals surface area contributed by atoms with E-state index in [0.717, 1.165) is 6.42 Å². The van der Waals surface area contributed by atoms with Crippen LogP contribution in [0.15, 0.2) is 4.52 Å². The Kier molecular flexibility index (Phi) is 5.47. The standard InChI is InChI=1S/C11H18N2O3S/c1-4-8(11(14)15)17-6-9-12-10(16-13-9)5-7(2)3/h7-8H,4-6H2,1-3H3,(H,14,15). The predicted molar refractivity (Wildman–Crippen MR) is 65.8 cm³/mol. The van der Waals surface area contributed by atoms with Gasteiger partial charge in [-0.1, -0.05) is 25.9 Å². The Morgan fingerprint density at radius 2 is 2.24 bits per heavy atom. The van der Waals surface area contributed by atoms with Gasteiger partial charge in [-0.2, -0.15) is 4.98 Å². The van der Waals surface area contributed by atoms with Crippen LogP contribution in [0.2, 0.25) is 0 Å². The van der Waals surface area contributed by atoms with E-state index in [-0.39, 0.29) is 0 Å². The van der Waals surface area contributed by atoms with Crippen molar-refractivity contribution in [1.82, 2.24) is 10.1 Å². The van der Waals surface area contributed by atoms with Gasteiger partial charge in [-0.15, -0.1) is 11.8 Å². The van der Waals surface area contributed by atoms with Gasteiger partial charge in [0.05, 0.1) is 5.75 Å². The summed E-state index contributed by atoms with van der Waals surface area (Å²) in [7, 11) is 0. The zero-order chi connectivity index (χ0) is 12.8. The molecule has 0 aliphatic heterocycles. The molecule has 0 saturated carbocycles. The molecule has 96 valence electrons. The lowest BCUT2D eigenvalue weighted by Crippen LogP contribution is -2.15. The van der Waals surface area contributed by atoms with Gasteiger partial charge in [-0.25, -0.2) is 0 Å². The molecule has 0 aliphatic rings. The lowest BCUT2D eigenvalue weighted by Gasteiger charge is -2.06. The molecule has 1 N–H and O–H groups in total. The zero-order valence-corrected chi connectivity index (χ0v) is 11.2. The Labute approximate surface area is 105 Å². The second-order valence-electron chi connectivity index (χ2n) is 4.25. The average molecular weight is 258 g/mol. The van der Waals surface area contributed by atoms with E-state index in [4.69, 9.17) is 9.63 Å². The highest BCUT2D eigenvalue weighted by Gasteiger charge is 2.17. The molecule has 1 heterocycles. The minimum atomic E-state index is -0.789. The van der Waals surface area contributed by atoms with E-state index in [1.165, 1.54) is 11.8 Å². The van der Waals surface area contributed by atoms with Crippen LogP contribution in [0.25, 0.3) is 0 Å². The Balaban J connectivity index is 2.46. The van der Waals surface area contributed by atoms with Crippen LogP contribution in [0.5, 0.6) is 0 Å². The second kappa shape index (κ2) is 6.64. The number of nitrogens with zero attached hydrogens (tertiary/aromatic N) is 2. The fourth-order valence-corrected chi connectivity index (χ4v) is 2.17. The number of hydrogen-bond donors (Lipinski definition) is 1. The minimum Gasteiger partial charge on any atom is -0.480 e. The number of rotatable bonds is 7. The summed E-state index contributed by atoms with van der Waals surface area (Å²) in [6.07, 6.45) is 1.35. The number of carboxylic acid groups (broad SMARTS) is 1. The van der Waals surface area contributed by atoms with Crippen molar-refractivity contribution >= 4 is 17.7 Å². The third-order valence-electron chi connectivity index (χ3n) is 2.15. The highest BCUT2D eigenvalue weighted by molar-refractivity contribution is 7.99. The van der Waals surface area contributed by atoms with E-state index < -0.39 is 11.2 Å². The van der Waals surface area contributed by atoms with Crippen molar-refractivity contribution in [2.24, 2.45) is 5.92 Å². The second-order valence-corrected chi connectivity index (χ2v) is 5.44. The molecule has 17 heavy (non-hydrogen) atoms. The maximum atomic E-state index is 10.8. The summed E-state index contributed by atoms with van der Waals surface area (Å²) in [5.41, 5.74) is 0. The van der Waals surface area contributed by atoms with Gasteiger partial charge < -0.3 is 9.63 Å². The first-order valence-corrected chi connectivity index (χ1v) is 6.73. The van der Waals surface area contributed by atoms with Crippen LogP contribution in [0, 0.1) is 5.92 Å². The Hall–Kier alpha value is -1.04. The van der Waals surface area contributed by atoms with Gasteiger partial charge >= 0.3 is 5.97 Å². The molecular formula is C11H18N2O3S. The van der Waals surface area contributed by atoms with Crippen molar-refractivity contribution in [3.8, 4) is 0 Å². The number of carboxylic acids is 1. The Morgan fingerprint density at radius 3 is 2.76 bits per heavy atom. The highest BCUT2D eigenvalue weighted by Crippen LogP contribution is 2.19. The SMILES string of the molecule is CCC(SCc1noc(CC(C)C)n1)C(=O)O. The van der Waals surface area contributed by atoms with Crippen LogP contribution >= 0.6 is 11.8 Å². The molecule has 1 aromatic rings. The van der Waals surface area contributed by atoms with Crippen molar-refractivity contribution < 1.29 is 14.4 Å². The number of hydrogen-bond acceptors (Lipinski definition) is 5. The molecule has 0 radical (unpaired) electrons. The van der Waals surface area contributed by atoms with E-state index in [1.807, 2.05) is 6.92 Å². The molecule has 0 saturated heterocycles. The van der Waals surface area contributed by atoms with Gasteiger partial charge in [-0.3, -0.25) is 4.79 Å². The van der Waals surface area contributed by atoms with E-state index in [2.05, 4.69) is 24.0 Å². The van der Waals surface area contributed by atoms with Crippen LogP contribution in [0.4, 0.5) is 0 Å². The average Bonchev–Trinajstić information content (AvgIpc) is 2.65. The van der Waals surface area contributed by atoms with Crippen LogP contribution in [0.1, 0.15) is 38.9 Å². The normalized spacial score (nSPS) is 12.9. The van der Waals surface area contributed by atoms with Gasteiger partial charge in [0.25, 0.3) is 0 Å². The molecule has 0 aromatic carbocycles. The molecule has 1 atom stereocenters. The summed E-state index contributed by atoms with van der Waals surface area (Å²) in [6, 6.07) is 0. The number of aromatic nitrogens is 2. The largest absolute Gasteiger partial charge is 0.480 e. The van der Waals surface area contributed by atoms with Gasteiger partial charge in [0.1, 0.15) is 5.25 Å². The van der Waals surface area contributed by atoms with Gasteiger partial charge in [0.2, 0.25) is 5.89 Å². The molecule has 1 rings (SSSR count). The summed E-state index contributed by atoms with van der Waals surface area (Å²) in [5, 5.41) is 12.3. The first kappa shape index (κ1) is 14.0. The third-order valence-corrected chi connectivity index (χ3v) is 3.52. The van der Waals surface area contributed by atoms with Crippen LogP contribution < -0.4 is 0 Å². The lowest BCUT2D eigenvalue weighted by molar-refractivity contribution is -0.136. The highest BCUT2D eigenvalue weighted by atomic mass is 32.2. The maximum absolute atomic E-state index is 10.8. The summed E-state index contributed by atoms with van der Waals surface area (Å²) in [4.78, 5) is 15.0. The number of carbonyl (C=O) groups is 1. The van der Waals surface area contributed by atoms with Crippen molar-refractivity contribution in [1.29, 1.82) is 0 Å². The first-order valence-electron chi connectivity index (χ1n) is 5.68. The van der Waals surface area contributed by atoms with Crippen LogP contribution in [-0.2, 0) is 17.0 Å². The summed E-state index contributed by atoms with van der Waals surface area (Å²) in [5.74, 6) is 1.36. The molecule has 0 fully saturated rings. The van der Waals surface area contributed by atoms with E-state index in [9.17, 15) is 4.79 Å².